The van der Waals surface area contributed by atoms with Crippen molar-refractivity contribution < 1.29 is 4.74 Å². The lowest BCUT2D eigenvalue weighted by molar-refractivity contribution is -0.00900. The van der Waals surface area contributed by atoms with Gasteiger partial charge in [-0.15, -0.1) is 0 Å². The zero-order valence-electron chi connectivity index (χ0n) is 10.6. The molecule has 4 nitrogen and oxygen atoms in total. The first-order valence-electron chi connectivity index (χ1n) is 6.63. The summed E-state index contributed by atoms with van der Waals surface area (Å²) in [6.07, 6.45) is 5.27. The Hall–Kier alpha value is -0.870. The fourth-order valence-electron chi connectivity index (χ4n) is 3.04. The highest BCUT2D eigenvalue weighted by Gasteiger charge is 2.34. The highest BCUT2D eigenvalue weighted by molar-refractivity contribution is 6.28. The average molecular weight is 268 g/mol. The van der Waals surface area contributed by atoms with Crippen LogP contribution in [-0.4, -0.2) is 35.3 Å². The number of anilines is 1. The zero-order chi connectivity index (χ0) is 12.5. The summed E-state index contributed by atoms with van der Waals surface area (Å²) in [5, 5.41) is 0.337. The Morgan fingerprint density at radius 1 is 1.33 bits per heavy atom. The predicted octanol–water partition coefficient (Wildman–Crippen LogP) is 2.59. The van der Waals surface area contributed by atoms with Crippen LogP contribution in [-0.2, 0) is 4.74 Å². The average Bonchev–Trinajstić information content (AvgIpc) is 2.37. The summed E-state index contributed by atoms with van der Waals surface area (Å²) in [7, 11) is 0. The van der Waals surface area contributed by atoms with Crippen LogP contribution in [0.25, 0.3) is 0 Å². The van der Waals surface area contributed by atoms with Crippen molar-refractivity contribution in [1.29, 1.82) is 0 Å². The molecular formula is C13H18ClN3O. The fraction of sp³-hybridized carbons (Fsp3) is 0.692. The lowest BCUT2D eigenvalue weighted by atomic mass is 9.90. The van der Waals surface area contributed by atoms with Gasteiger partial charge in [-0.2, -0.15) is 0 Å². The molecule has 18 heavy (non-hydrogen) atoms. The molecule has 1 aromatic rings. The second-order valence-corrected chi connectivity index (χ2v) is 5.43. The van der Waals surface area contributed by atoms with E-state index in [1.165, 1.54) is 25.7 Å². The molecule has 2 fully saturated rings. The van der Waals surface area contributed by atoms with Gasteiger partial charge < -0.3 is 9.64 Å². The minimum atomic E-state index is 0.337. The lowest BCUT2D eigenvalue weighted by Gasteiger charge is -2.44. The molecule has 98 valence electrons. The molecule has 3 rings (SSSR count). The number of ether oxygens (including phenoxy) is 1. The van der Waals surface area contributed by atoms with Crippen LogP contribution in [0.3, 0.4) is 0 Å². The van der Waals surface area contributed by atoms with Crippen LogP contribution >= 0.6 is 11.6 Å². The molecule has 0 amide bonds. The summed E-state index contributed by atoms with van der Waals surface area (Å²) in [5.74, 6) is 0.952. The maximum Gasteiger partial charge on any atom is 0.224 e. The summed E-state index contributed by atoms with van der Waals surface area (Å²) in [6, 6.07) is 2.47. The Morgan fingerprint density at radius 3 is 3.00 bits per heavy atom. The molecule has 1 aliphatic carbocycles. The summed E-state index contributed by atoms with van der Waals surface area (Å²) in [6.45, 7) is 3.63. The number of aryl methyl sites for hydroxylation is 1. The molecule has 0 spiro atoms. The van der Waals surface area contributed by atoms with Crippen molar-refractivity contribution in [3.05, 3.63) is 17.0 Å². The topological polar surface area (TPSA) is 38.2 Å². The van der Waals surface area contributed by atoms with Crippen LogP contribution in [0.1, 0.15) is 31.4 Å². The molecular weight excluding hydrogens is 250 g/mol. The number of aromatic nitrogens is 2. The van der Waals surface area contributed by atoms with E-state index >= 15 is 0 Å². The Kier molecular flexibility index (Phi) is 3.39. The van der Waals surface area contributed by atoms with E-state index in [-0.39, 0.29) is 0 Å². The molecule has 0 radical (unpaired) electrons. The summed E-state index contributed by atoms with van der Waals surface area (Å²) >= 11 is 5.96. The predicted molar refractivity (Wildman–Crippen MR) is 71.1 cm³/mol. The quantitative estimate of drug-likeness (QED) is 0.733. The monoisotopic (exact) mass is 267 g/mol. The largest absolute Gasteiger partial charge is 0.374 e. The highest BCUT2D eigenvalue weighted by Crippen LogP contribution is 2.31. The van der Waals surface area contributed by atoms with E-state index in [9.17, 15) is 0 Å². The second kappa shape index (κ2) is 5.02. The molecule has 1 aromatic heterocycles. The Labute approximate surface area is 112 Å². The van der Waals surface area contributed by atoms with Gasteiger partial charge in [0.2, 0.25) is 5.28 Å². The zero-order valence-corrected chi connectivity index (χ0v) is 11.4. The van der Waals surface area contributed by atoms with Gasteiger partial charge in [-0.3, -0.25) is 0 Å². The number of halogens is 1. The van der Waals surface area contributed by atoms with Crippen LogP contribution in [0.15, 0.2) is 6.07 Å². The number of hydrogen-bond donors (Lipinski definition) is 0. The second-order valence-electron chi connectivity index (χ2n) is 5.09. The summed E-state index contributed by atoms with van der Waals surface area (Å²) < 4.78 is 5.88. The standard InChI is InChI=1S/C13H18ClN3O/c1-9-8-12(16-13(14)15-9)17-6-7-18-11-5-3-2-4-10(11)17/h8,10-11H,2-7H2,1H3. The lowest BCUT2D eigenvalue weighted by Crippen LogP contribution is -2.53. The van der Waals surface area contributed by atoms with Crippen molar-refractivity contribution in [3.63, 3.8) is 0 Å². The van der Waals surface area contributed by atoms with E-state index in [2.05, 4.69) is 14.9 Å². The number of nitrogens with zero attached hydrogens (tertiary/aromatic N) is 3. The van der Waals surface area contributed by atoms with Crippen LogP contribution in [0, 0.1) is 6.92 Å². The normalized spacial score (nSPS) is 28.0. The Bertz CT molecular complexity index is 418. The maximum atomic E-state index is 5.96. The van der Waals surface area contributed by atoms with Crippen LogP contribution in [0.4, 0.5) is 5.82 Å². The van der Waals surface area contributed by atoms with E-state index in [1.54, 1.807) is 0 Å². The van der Waals surface area contributed by atoms with Crippen LogP contribution in [0.5, 0.6) is 0 Å². The Balaban J connectivity index is 1.89. The third-order valence-electron chi connectivity index (χ3n) is 3.84. The van der Waals surface area contributed by atoms with Gasteiger partial charge in [-0.1, -0.05) is 12.8 Å². The van der Waals surface area contributed by atoms with E-state index in [0.717, 1.165) is 24.7 Å². The van der Waals surface area contributed by atoms with Crippen molar-refractivity contribution in [2.75, 3.05) is 18.1 Å². The smallest absolute Gasteiger partial charge is 0.224 e. The van der Waals surface area contributed by atoms with Gasteiger partial charge in [-0.25, -0.2) is 9.97 Å². The molecule has 2 unspecified atom stereocenters. The van der Waals surface area contributed by atoms with E-state index in [4.69, 9.17) is 16.3 Å². The van der Waals surface area contributed by atoms with E-state index < -0.39 is 0 Å². The van der Waals surface area contributed by atoms with Crippen molar-refractivity contribution in [2.24, 2.45) is 0 Å². The molecule has 5 heteroatoms. The minimum Gasteiger partial charge on any atom is -0.374 e. The molecule has 1 saturated heterocycles. The van der Waals surface area contributed by atoms with Crippen molar-refractivity contribution in [3.8, 4) is 0 Å². The minimum absolute atomic E-state index is 0.337. The van der Waals surface area contributed by atoms with Gasteiger partial charge in [-0.05, 0) is 31.4 Å². The number of morpholine rings is 1. The third kappa shape index (κ3) is 2.31. The number of hydrogen-bond acceptors (Lipinski definition) is 4. The van der Waals surface area contributed by atoms with Crippen molar-refractivity contribution in [2.45, 2.75) is 44.8 Å². The van der Waals surface area contributed by atoms with Crippen molar-refractivity contribution >= 4 is 17.4 Å². The van der Waals surface area contributed by atoms with E-state index in [1.807, 2.05) is 13.0 Å². The first-order valence-corrected chi connectivity index (χ1v) is 7.01. The molecule has 1 aliphatic heterocycles. The molecule has 0 bridgehead atoms. The van der Waals surface area contributed by atoms with Crippen molar-refractivity contribution in [1.82, 2.24) is 9.97 Å². The van der Waals surface area contributed by atoms with Crippen LogP contribution in [0.2, 0.25) is 5.28 Å². The molecule has 0 aromatic carbocycles. The van der Waals surface area contributed by atoms with Gasteiger partial charge in [0.25, 0.3) is 0 Å². The highest BCUT2D eigenvalue weighted by atomic mass is 35.5. The first kappa shape index (κ1) is 12.2. The van der Waals surface area contributed by atoms with Gasteiger partial charge in [0.05, 0.1) is 18.8 Å². The molecule has 2 heterocycles. The summed E-state index contributed by atoms with van der Waals surface area (Å²) in [4.78, 5) is 10.9. The Morgan fingerprint density at radius 2 is 2.17 bits per heavy atom. The van der Waals surface area contributed by atoms with Gasteiger partial charge in [0.1, 0.15) is 5.82 Å². The molecule has 2 atom stereocenters. The van der Waals surface area contributed by atoms with Gasteiger partial charge in [0, 0.05) is 18.3 Å². The SMILES string of the molecule is Cc1cc(N2CCOC3CCCCC32)nc(Cl)n1. The maximum absolute atomic E-state index is 5.96. The first-order chi connectivity index (χ1) is 8.74. The number of fused-ring (bicyclic) bond motifs is 1. The third-order valence-corrected chi connectivity index (χ3v) is 4.01. The summed E-state index contributed by atoms with van der Waals surface area (Å²) in [5.41, 5.74) is 0.920. The van der Waals surface area contributed by atoms with Gasteiger partial charge in [0.15, 0.2) is 0 Å². The number of rotatable bonds is 1. The van der Waals surface area contributed by atoms with Gasteiger partial charge >= 0.3 is 0 Å². The molecule has 1 saturated carbocycles. The van der Waals surface area contributed by atoms with Crippen LogP contribution < -0.4 is 4.90 Å². The molecule has 0 N–H and O–H groups in total. The molecule has 2 aliphatic rings. The fourth-order valence-corrected chi connectivity index (χ4v) is 3.26. The van der Waals surface area contributed by atoms with E-state index in [0.29, 0.717) is 17.4 Å².